The van der Waals surface area contributed by atoms with E-state index in [9.17, 15) is 4.79 Å². The van der Waals surface area contributed by atoms with Crippen molar-refractivity contribution in [3.8, 4) is 0 Å². The Kier molecular flexibility index (Phi) is 7.89. The van der Waals surface area contributed by atoms with Gasteiger partial charge in [0.2, 0.25) is 0 Å². The lowest BCUT2D eigenvalue weighted by molar-refractivity contribution is 0.0800. The molecule has 1 atom stereocenters. The molecule has 0 saturated heterocycles. The zero-order valence-electron chi connectivity index (χ0n) is 20.9. The van der Waals surface area contributed by atoms with Crippen molar-refractivity contribution in [2.24, 2.45) is 0 Å². The Morgan fingerprint density at radius 3 is 1.94 bits per heavy atom. The van der Waals surface area contributed by atoms with Crippen molar-refractivity contribution < 1.29 is 14.0 Å². The van der Waals surface area contributed by atoms with Crippen molar-refractivity contribution in [3.05, 3.63) is 109 Å². The molecule has 0 fully saturated rings. The van der Waals surface area contributed by atoms with Crippen LogP contribution in [0.4, 0.5) is 4.79 Å². The van der Waals surface area contributed by atoms with E-state index in [1.807, 2.05) is 36.4 Å². The third-order valence-corrected chi connectivity index (χ3v) is 11.6. The second-order valence-corrected chi connectivity index (χ2v) is 14.3. The van der Waals surface area contributed by atoms with Crippen molar-refractivity contribution in [1.29, 1.82) is 0 Å². The topological polar surface area (TPSA) is 38.8 Å². The highest BCUT2D eigenvalue weighted by atomic mass is 28.4. The second-order valence-electron chi connectivity index (χ2n) is 10.1. The Hall–Kier alpha value is -3.15. The summed E-state index contributed by atoms with van der Waals surface area (Å²) in [6.45, 7) is 8.10. The molecule has 1 aliphatic heterocycles. The minimum absolute atomic E-state index is 0.121. The van der Waals surface area contributed by atoms with Crippen molar-refractivity contribution >= 4 is 24.8 Å². The molecule has 3 aromatic rings. The molecule has 0 aromatic heterocycles. The first-order valence-corrected chi connectivity index (χ1v) is 14.2. The van der Waals surface area contributed by atoms with E-state index < -0.39 is 8.32 Å². The number of ether oxygens (including phenoxy) is 1. The molecule has 1 amide bonds. The van der Waals surface area contributed by atoms with Crippen molar-refractivity contribution in [2.75, 3.05) is 13.1 Å². The first-order valence-electron chi connectivity index (χ1n) is 12.3. The van der Waals surface area contributed by atoms with Gasteiger partial charge in [0.1, 0.15) is 6.61 Å². The van der Waals surface area contributed by atoms with Crippen LogP contribution in [0, 0.1) is 0 Å². The lowest BCUT2D eigenvalue weighted by atomic mass is 10.2. The summed E-state index contributed by atoms with van der Waals surface area (Å²) in [5.41, 5.74) is 0.978. The van der Waals surface area contributed by atoms with Crippen LogP contribution >= 0.6 is 0 Å². The maximum absolute atomic E-state index is 13.0. The van der Waals surface area contributed by atoms with Crippen LogP contribution in [0.2, 0.25) is 5.04 Å². The Balaban J connectivity index is 1.61. The molecule has 1 heterocycles. The molecule has 0 N–H and O–H groups in total. The number of amides is 1. The van der Waals surface area contributed by atoms with Gasteiger partial charge in [-0.05, 0) is 27.4 Å². The summed E-state index contributed by atoms with van der Waals surface area (Å²) < 4.78 is 12.9. The molecular formula is C30H35NO3Si. The Morgan fingerprint density at radius 1 is 0.857 bits per heavy atom. The van der Waals surface area contributed by atoms with Gasteiger partial charge in [0.25, 0.3) is 8.32 Å². The SMILES string of the molecule is CC(C)(C)[Si](O[C@@H]1CC=CCN(C(=O)OCc2ccccc2)C1)(c1ccccc1)c1ccccc1. The molecule has 0 aliphatic carbocycles. The summed E-state index contributed by atoms with van der Waals surface area (Å²) in [7, 11) is -2.71. The lowest BCUT2D eigenvalue weighted by Crippen LogP contribution is -2.68. The first kappa shape index (κ1) is 25.0. The molecule has 0 saturated carbocycles. The normalized spacial score (nSPS) is 16.5. The fourth-order valence-electron chi connectivity index (χ4n) is 4.83. The summed E-state index contributed by atoms with van der Waals surface area (Å²) >= 11 is 0. The average Bonchev–Trinajstić information content (AvgIpc) is 3.12. The number of hydrogen-bond acceptors (Lipinski definition) is 3. The smallest absolute Gasteiger partial charge is 0.410 e. The third-order valence-electron chi connectivity index (χ3n) is 6.54. The first-order chi connectivity index (χ1) is 16.9. The van der Waals surface area contributed by atoms with Crippen molar-refractivity contribution in [1.82, 2.24) is 4.90 Å². The van der Waals surface area contributed by atoms with Crippen LogP contribution in [0.1, 0.15) is 32.8 Å². The fraction of sp³-hybridized carbons (Fsp3) is 0.300. The molecule has 4 rings (SSSR count). The van der Waals surface area contributed by atoms with Gasteiger partial charge >= 0.3 is 6.09 Å². The predicted molar refractivity (Wildman–Crippen MR) is 144 cm³/mol. The maximum atomic E-state index is 13.0. The van der Waals surface area contributed by atoms with Crippen LogP contribution in [-0.2, 0) is 15.8 Å². The van der Waals surface area contributed by atoms with Gasteiger partial charge in [-0.3, -0.25) is 0 Å². The van der Waals surface area contributed by atoms with E-state index >= 15 is 0 Å². The van der Waals surface area contributed by atoms with Crippen LogP contribution in [0.15, 0.2) is 103 Å². The number of hydrogen-bond donors (Lipinski definition) is 0. The van der Waals surface area contributed by atoms with E-state index in [0.717, 1.165) is 12.0 Å². The zero-order valence-corrected chi connectivity index (χ0v) is 21.9. The highest BCUT2D eigenvalue weighted by molar-refractivity contribution is 6.99. The van der Waals surface area contributed by atoms with E-state index in [-0.39, 0.29) is 23.8 Å². The third kappa shape index (κ3) is 5.74. The Bertz CT molecular complexity index is 1070. The second kappa shape index (κ2) is 11.1. The van der Waals surface area contributed by atoms with Crippen LogP contribution in [0.25, 0.3) is 0 Å². The number of rotatable bonds is 6. The van der Waals surface area contributed by atoms with Gasteiger partial charge < -0.3 is 14.1 Å². The molecule has 35 heavy (non-hydrogen) atoms. The number of nitrogens with zero attached hydrogens (tertiary/aromatic N) is 1. The molecule has 0 spiro atoms. The Labute approximate surface area is 210 Å². The van der Waals surface area contributed by atoms with Crippen molar-refractivity contribution in [3.63, 3.8) is 0 Å². The fourth-order valence-corrected chi connectivity index (χ4v) is 9.52. The molecule has 0 unspecified atom stereocenters. The Morgan fingerprint density at radius 2 is 1.40 bits per heavy atom. The van der Waals surface area contributed by atoms with Crippen LogP contribution < -0.4 is 10.4 Å². The number of benzene rings is 3. The minimum Gasteiger partial charge on any atom is -0.445 e. The molecule has 4 nitrogen and oxygen atoms in total. The van der Waals surface area contributed by atoms with E-state index in [1.165, 1.54) is 10.4 Å². The predicted octanol–water partition coefficient (Wildman–Crippen LogP) is 5.53. The van der Waals surface area contributed by atoms with Gasteiger partial charge in [0, 0.05) is 13.1 Å². The van der Waals surface area contributed by atoms with Gasteiger partial charge in [-0.2, -0.15) is 0 Å². The van der Waals surface area contributed by atoms with Gasteiger partial charge in [-0.15, -0.1) is 0 Å². The highest BCUT2D eigenvalue weighted by Gasteiger charge is 2.51. The molecule has 5 heteroatoms. The van der Waals surface area contributed by atoms with E-state index in [4.69, 9.17) is 9.16 Å². The summed E-state index contributed by atoms with van der Waals surface area (Å²) in [6, 6.07) is 31.0. The van der Waals surface area contributed by atoms with E-state index in [0.29, 0.717) is 13.1 Å². The maximum Gasteiger partial charge on any atom is 0.410 e. The summed E-state index contributed by atoms with van der Waals surface area (Å²) in [4.78, 5) is 14.8. The largest absolute Gasteiger partial charge is 0.445 e. The average molecular weight is 486 g/mol. The molecule has 182 valence electrons. The van der Waals surface area contributed by atoms with Gasteiger partial charge in [0.05, 0.1) is 6.10 Å². The van der Waals surface area contributed by atoms with Gasteiger partial charge in [-0.1, -0.05) is 124 Å². The van der Waals surface area contributed by atoms with E-state index in [1.54, 1.807) is 4.90 Å². The summed E-state index contributed by atoms with van der Waals surface area (Å²) in [5, 5.41) is 2.36. The summed E-state index contributed by atoms with van der Waals surface area (Å²) in [6.07, 6.45) is 4.49. The zero-order chi connectivity index (χ0) is 24.7. The summed E-state index contributed by atoms with van der Waals surface area (Å²) in [5.74, 6) is 0. The minimum atomic E-state index is -2.71. The monoisotopic (exact) mass is 485 g/mol. The molecule has 3 aromatic carbocycles. The molecule has 1 aliphatic rings. The number of carbonyl (C=O) groups is 1. The molecular weight excluding hydrogens is 450 g/mol. The van der Waals surface area contributed by atoms with Crippen LogP contribution in [-0.4, -0.2) is 38.5 Å². The van der Waals surface area contributed by atoms with E-state index in [2.05, 4.69) is 87.5 Å². The van der Waals surface area contributed by atoms with Gasteiger partial charge in [0.15, 0.2) is 0 Å². The molecule has 0 bridgehead atoms. The highest BCUT2D eigenvalue weighted by Crippen LogP contribution is 2.38. The van der Waals surface area contributed by atoms with Crippen LogP contribution in [0.3, 0.4) is 0 Å². The lowest BCUT2D eigenvalue weighted by Gasteiger charge is -2.45. The molecule has 0 radical (unpaired) electrons. The van der Waals surface area contributed by atoms with Crippen molar-refractivity contribution in [2.45, 2.75) is 44.9 Å². The van der Waals surface area contributed by atoms with Crippen LogP contribution in [0.5, 0.6) is 0 Å². The standard InChI is InChI=1S/C30H35NO3Si/c1-30(2,3)35(27-18-9-5-10-19-27,28-20-11-6-12-21-28)34-26-17-13-14-22-31(23-26)29(32)33-24-25-15-7-4-8-16-25/h4-16,18-21,26H,17,22-24H2,1-3H3/t26-/m1/s1. The van der Waals surface area contributed by atoms with Gasteiger partial charge in [-0.25, -0.2) is 4.79 Å². The number of carbonyl (C=O) groups excluding carboxylic acids is 1. The quantitative estimate of drug-likeness (QED) is 0.340.